The summed E-state index contributed by atoms with van der Waals surface area (Å²) < 4.78 is 108. The van der Waals surface area contributed by atoms with Crippen LogP contribution in [0.3, 0.4) is 0 Å². The van der Waals surface area contributed by atoms with E-state index in [1.807, 2.05) is 67.8 Å². The summed E-state index contributed by atoms with van der Waals surface area (Å²) in [6.07, 6.45) is -12.0. The molecule has 0 bridgehead atoms. The molecule has 29 heavy (non-hydrogen) atoms. The minimum Gasteiger partial charge on any atom is -0.743 e. The monoisotopic (exact) mass is 783 g/mol. The van der Waals surface area contributed by atoms with Crippen molar-refractivity contribution in [2.45, 2.75) is 37.0 Å². The molecular formula is C14H11F5I3O6S-. The highest BCUT2D eigenvalue weighted by Crippen LogP contribution is 2.38. The molecule has 1 aromatic carbocycles. The van der Waals surface area contributed by atoms with E-state index >= 15 is 0 Å². The number of halogens is 8. The minimum atomic E-state index is -6.63. The molecule has 0 radical (unpaired) electrons. The largest absolute Gasteiger partial charge is 0.743 e. The number of rotatable bonds is 8. The molecule has 0 aromatic heterocycles. The van der Waals surface area contributed by atoms with Crippen LogP contribution in [0.15, 0.2) is 12.1 Å². The van der Waals surface area contributed by atoms with E-state index < -0.39 is 52.8 Å². The van der Waals surface area contributed by atoms with Crippen molar-refractivity contribution in [3.8, 4) is 0 Å². The van der Waals surface area contributed by atoms with E-state index in [1.54, 1.807) is 6.07 Å². The Morgan fingerprint density at radius 2 is 1.72 bits per heavy atom. The van der Waals surface area contributed by atoms with E-state index in [2.05, 4.69) is 4.74 Å². The Balaban J connectivity index is 2.79. The maximum absolute atomic E-state index is 13.4. The number of carbonyl (C=O) groups excluding carboxylic acids is 1. The molecule has 0 aliphatic rings. The molecular weight excluding hydrogens is 772 g/mol. The van der Waals surface area contributed by atoms with Crippen molar-refractivity contribution in [2.75, 3.05) is 6.61 Å². The standard InChI is InChI=1S/C14H12F5I3O6S/c1-6(28-12(13(15,16)17)14(18,19)29(24,25)26)2-3-27-11(23)8-4-7(20)5-9(21)10(8)22/h4-6,12H,2-3H2,1H3,(H,24,25,26)/p-1. The van der Waals surface area contributed by atoms with Gasteiger partial charge in [0.15, 0.2) is 10.1 Å². The lowest BCUT2D eigenvalue weighted by Gasteiger charge is -2.32. The van der Waals surface area contributed by atoms with Gasteiger partial charge in [0.2, 0.25) is 6.10 Å². The highest BCUT2D eigenvalue weighted by molar-refractivity contribution is 14.1. The summed E-state index contributed by atoms with van der Waals surface area (Å²) in [6, 6.07) is 3.34. The summed E-state index contributed by atoms with van der Waals surface area (Å²) >= 11 is 5.89. The topological polar surface area (TPSA) is 92.7 Å². The van der Waals surface area contributed by atoms with Gasteiger partial charge in [0.25, 0.3) is 0 Å². The summed E-state index contributed by atoms with van der Waals surface area (Å²) in [6.45, 7) is 0.455. The van der Waals surface area contributed by atoms with Gasteiger partial charge < -0.3 is 14.0 Å². The van der Waals surface area contributed by atoms with E-state index in [4.69, 9.17) is 4.74 Å². The molecule has 0 fully saturated rings. The fraction of sp³-hybridized carbons (Fsp3) is 0.500. The van der Waals surface area contributed by atoms with Gasteiger partial charge in [-0.05, 0) is 86.8 Å². The summed E-state index contributed by atoms with van der Waals surface area (Å²) in [5.41, 5.74) is 0.215. The second kappa shape index (κ2) is 10.3. The van der Waals surface area contributed by atoms with Crippen LogP contribution in [0.1, 0.15) is 23.7 Å². The summed E-state index contributed by atoms with van der Waals surface area (Å²) in [5.74, 6) is -0.780. The number of carbonyl (C=O) groups is 1. The third-order valence-corrected chi connectivity index (χ3v) is 7.82. The van der Waals surface area contributed by atoms with Crippen LogP contribution in [0.5, 0.6) is 0 Å². The van der Waals surface area contributed by atoms with Gasteiger partial charge in [0, 0.05) is 17.1 Å². The molecule has 2 unspecified atom stereocenters. The van der Waals surface area contributed by atoms with Crippen molar-refractivity contribution in [3.63, 3.8) is 0 Å². The first-order chi connectivity index (χ1) is 13.0. The minimum absolute atomic E-state index is 0.215. The number of hydrogen-bond acceptors (Lipinski definition) is 6. The van der Waals surface area contributed by atoms with Crippen molar-refractivity contribution in [2.24, 2.45) is 0 Å². The molecule has 0 aliphatic heterocycles. The number of benzene rings is 1. The third-order valence-electron chi connectivity index (χ3n) is 3.27. The van der Waals surface area contributed by atoms with E-state index in [0.29, 0.717) is 3.57 Å². The summed E-state index contributed by atoms with van der Waals surface area (Å²) in [5, 5.41) is -5.72. The van der Waals surface area contributed by atoms with Crippen molar-refractivity contribution >= 4 is 83.9 Å². The zero-order chi connectivity index (χ0) is 22.8. The number of hydrogen-bond donors (Lipinski definition) is 0. The SMILES string of the molecule is CC(CCOC(=O)c1cc(I)cc(I)c1I)OC(C(F)(F)F)C(F)(F)S(=O)(=O)[O-]. The fourth-order valence-corrected chi connectivity index (χ4v) is 4.71. The Kier molecular flexibility index (Phi) is 9.79. The molecule has 166 valence electrons. The molecule has 0 aliphatic carbocycles. The zero-order valence-electron chi connectivity index (χ0n) is 14.1. The highest BCUT2D eigenvalue weighted by Gasteiger charge is 2.61. The quantitative estimate of drug-likeness (QED) is 0.127. The molecule has 2 atom stereocenters. The first-order valence-corrected chi connectivity index (χ1v) is 12.0. The Morgan fingerprint density at radius 3 is 2.21 bits per heavy atom. The average Bonchev–Trinajstić information content (AvgIpc) is 2.53. The normalized spacial score (nSPS) is 15.1. The van der Waals surface area contributed by atoms with Crippen molar-refractivity contribution in [1.82, 2.24) is 0 Å². The predicted octanol–water partition coefficient (Wildman–Crippen LogP) is 4.52. The molecule has 0 N–H and O–H groups in total. The van der Waals surface area contributed by atoms with Gasteiger partial charge in [0.1, 0.15) is 0 Å². The molecule has 1 aromatic rings. The third kappa shape index (κ3) is 7.49. The second-order valence-electron chi connectivity index (χ2n) is 5.56. The van der Waals surface area contributed by atoms with Gasteiger partial charge >= 0.3 is 17.4 Å². The average molecular weight is 783 g/mol. The first kappa shape index (κ1) is 27.4. The van der Waals surface area contributed by atoms with Gasteiger partial charge in [-0.1, -0.05) is 0 Å². The molecule has 1 rings (SSSR count). The number of esters is 1. The van der Waals surface area contributed by atoms with Gasteiger partial charge in [-0.3, -0.25) is 0 Å². The lowest BCUT2D eigenvalue weighted by atomic mass is 10.2. The lowest BCUT2D eigenvalue weighted by molar-refractivity contribution is -0.275. The van der Waals surface area contributed by atoms with Crippen LogP contribution in [0.25, 0.3) is 0 Å². The number of ether oxygens (including phenoxy) is 2. The molecule has 0 saturated carbocycles. The molecule has 6 nitrogen and oxygen atoms in total. The smallest absolute Gasteiger partial charge is 0.421 e. The van der Waals surface area contributed by atoms with Crippen LogP contribution < -0.4 is 0 Å². The molecule has 0 spiro atoms. The van der Waals surface area contributed by atoms with Crippen LogP contribution in [0.4, 0.5) is 22.0 Å². The Morgan fingerprint density at radius 1 is 1.17 bits per heavy atom. The molecule has 0 saturated heterocycles. The Labute approximate surface area is 203 Å². The maximum Gasteiger partial charge on any atom is 0.421 e. The first-order valence-electron chi connectivity index (χ1n) is 7.35. The van der Waals surface area contributed by atoms with Gasteiger partial charge in [-0.2, -0.15) is 22.0 Å². The second-order valence-corrected chi connectivity index (χ2v) is 10.5. The van der Waals surface area contributed by atoms with Gasteiger partial charge in [-0.15, -0.1) is 0 Å². The van der Waals surface area contributed by atoms with Crippen LogP contribution in [-0.2, 0) is 19.6 Å². The Bertz CT molecular complexity index is 862. The zero-order valence-corrected chi connectivity index (χ0v) is 21.4. The predicted molar refractivity (Wildman–Crippen MR) is 115 cm³/mol. The molecule has 0 amide bonds. The van der Waals surface area contributed by atoms with E-state index in [1.165, 1.54) is 6.07 Å². The van der Waals surface area contributed by atoms with Crippen LogP contribution in [0, 0.1) is 10.7 Å². The molecule has 15 heteroatoms. The van der Waals surface area contributed by atoms with Gasteiger partial charge in [0.05, 0.1) is 18.3 Å². The summed E-state index contributed by atoms with van der Waals surface area (Å²) in [4.78, 5) is 12.1. The highest BCUT2D eigenvalue weighted by atomic mass is 127. The van der Waals surface area contributed by atoms with Crippen LogP contribution in [-0.4, -0.2) is 49.2 Å². The maximum atomic E-state index is 13.4. The van der Waals surface area contributed by atoms with E-state index in [-0.39, 0.29) is 5.56 Å². The van der Waals surface area contributed by atoms with E-state index in [9.17, 15) is 39.7 Å². The van der Waals surface area contributed by atoms with Gasteiger partial charge in [-0.25, -0.2) is 13.2 Å². The van der Waals surface area contributed by atoms with Crippen molar-refractivity contribution in [3.05, 3.63) is 28.4 Å². The summed E-state index contributed by atoms with van der Waals surface area (Å²) in [7, 11) is -6.63. The van der Waals surface area contributed by atoms with Crippen LogP contribution >= 0.6 is 67.8 Å². The molecule has 0 heterocycles. The fourth-order valence-electron chi connectivity index (χ4n) is 1.88. The Hall–Kier alpha value is 0.400. The van der Waals surface area contributed by atoms with E-state index in [0.717, 1.165) is 14.1 Å². The number of alkyl halides is 5. The lowest BCUT2D eigenvalue weighted by Crippen LogP contribution is -2.52. The van der Waals surface area contributed by atoms with Crippen molar-refractivity contribution in [1.29, 1.82) is 0 Å². The van der Waals surface area contributed by atoms with Crippen LogP contribution in [0.2, 0.25) is 0 Å². The van der Waals surface area contributed by atoms with Crippen molar-refractivity contribution < 1.29 is 49.2 Å².